The third kappa shape index (κ3) is 7.79. The van der Waals surface area contributed by atoms with Crippen LogP contribution in [-0.2, 0) is 39.8 Å². The summed E-state index contributed by atoms with van der Waals surface area (Å²) in [5, 5.41) is 10.6. The molecule has 3 fully saturated rings. The van der Waals surface area contributed by atoms with Crippen molar-refractivity contribution in [2.24, 2.45) is 5.92 Å². The van der Waals surface area contributed by atoms with Crippen molar-refractivity contribution in [2.75, 3.05) is 25.5 Å². The van der Waals surface area contributed by atoms with E-state index in [0.29, 0.717) is 35.9 Å². The Kier molecular flexibility index (Phi) is 10.3. The quantitative estimate of drug-likeness (QED) is 0.140. The maximum atomic E-state index is 14.0. The highest BCUT2D eigenvalue weighted by Gasteiger charge is 2.50. The number of anilines is 1. The number of ether oxygens (including phenoxy) is 2. The van der Waals surface area contributed by atoms with Crippen molar-refractivity contribution < 1.29 is 51.5 Å². The van der Waals surface area contributed by atoms with E-state index in [1.807, 2.05) is 0 Å². The standard InChI is InChI=1S/C28H38N3O11PS/c29-20-9-6-12-22(16-20)44(37,38)30(41-21-10-4-5-11-21)17-26(42-43(34,35)36)24(15-19-7-2-1-3-8-19)31(28(32)33)25-18-40-27-23(25)13-14-39-27/h1-3,6-9,12,16,21,23-27H,4-5,10-11,13-15,17-18,29H2,(H,32,33)(H2,34,35,36)/t23-,24-,25-,26?,27+/m0/s1. The van der Waals surface area contributed by atoms with Gasteiger partial charge in [-0.25, -0.2) is 17.8 Å². The molecule has 0 radical (unpaired) electrons. The van der Waals surface area contributed by atoms with Gasteiger partial charge in [0.2, 0.25) is 0 Å². The molecule has 44 heavy (non-hydrogen) atoms. The van der Waals surface area contributed by atoms with Gasteiger partial charge in [0.25, 0.3) is 10.0 Å². The second-order valence-electron chi connectivity index (χ2n) is 11.2. The van der Waals surface area contributed by atoms with E-state index in [0.717, 1.165) is 17.7 Å². The van der Waals surface area contributed by atoms with E-state index >= 15 is 0 Å². The molecular formula is C28H38N3O11PS. The van der Waals surface area contributed by atoms with Crippen molar-refractivity contribution >= 4 is 29.6 Å². The number of benzene rings is 2. The average molecular weight is 656 g/mol. The van der Waals surface area contributed by atoms with Gasteiger partial charge in [-0.05, 0) is 49.4 Å². The third-order valence-corrected chi connectivity index (χ3v) is 10.4. The van der Waals surface area contributed by atoms with Crippen molar-refractivity contribution in [1.29, 1.82) is 0 Å². The first-order valence-corrected chi connectivity index (χ1v) is 17.5. The predicted octanol–water partition coefficient (Wildman–Crippen LogP) is 2.96. The van der Waals surface area contributed by atoms with Gasteiger partial charge in [-0.15, -0.1) is 0 Å². The molecule has 2 aromatic rings. The van der Waals surface area contributed by atoms with Gasteiger partial charge in [0.15, 0.2) is 6.29 Å². The van der Waals surface area contributed by atoms with Crippen molar-refractivity contribution in [3.63, 3.8) is 0 Å². The first-order chi connectivity index (χ1) is 20.9. The van der Waals surface area contributed by atoms with Gasteiger partial charge in [-0.2, -0.15) is 0 Å². The van der Waals surface area contributed by atoms with Crippen molar-refractivity contribution in [2.45, 2.75) is 74.0 Å². The van der Waals surface area contributed by atoms with Gasteiger partial charge in [-0.3, -0.25) is 14.3 Å². The highest BCUT2D eigenvalue weighted by atomic mass is 32.2. The van der Waals surface area contributed by atoms with Crippen molar-refractivity contribution in [3.8, 4) is 0 Å². The van der Waals surface area contributed by atoms with Crippen LogP contribution < -0.4 is 5.73 Å². The van der Waals surface area contributed by atoms with E-state index in [2.05, 4.69) is 0 Å². The Balaban J connectivity index is 1.58. The third-order valence-electron chi connectivity index (χ3n) is 8.26. The molecule has 1 aliphatic carbocycles. The lowest BCUT2D eigenvalue weighted by Gasteiger charge is -2.41. The number of nitrogens with zero attached hydrogens (tertiary/aromatic N) is 2. The number of sulfonamides is 1. The van der Waals surface area contributed by atoms with Gasteiger partial charge in [-0.1, -0.05) is 53.7 Å². The number of amides is 1. The van der Waals surface area contributed by atoms with E-state index in [4.69, 9.17) is 24.6 Å². The smallest absolute Gasteiger partial charge is 0.465 e. The number of hydroxylamine groups is 1. The Morgan fingerprint density at radius 2 is 1.80 bits per heavy atom. The van der Waals surface area contributed by atoms with Crippen LogP contribution in [0.25, 0.3) is 0 Å². The van der Waals surface area contributed by atoms with E-state index in [1.54, 1.807) is 30.3 Å². The Labute approximate surface area is 255 Å². The summed E-state index contributed by atoms with van der Waals surface area (Å²) in [5.74, 6) is -0.332. The fraction of sp³-hybridized carbons (Fsp3) is 0.536. The van der Waals surface area contributed by atoms with Gasteiger partial charge >= 0.3 is 13.9 Å². The molecule has 2 saturated heterocycles. The van der Waals surface area contributed by atoms with Gasteiger partial charge in [0.1, 0.15) is 6.10 Å². The first kappa shape index (κ1) is 32.8. The first-order valence-electron chi connectivity index (χ1n) is 14.5. The number of hydrogen-bond acceptors (Lipinski definition) is 9. The van der Waals surface area contributed by atoms with Crippen LogP contribution in [0.3, 0.4) is 0 Å². The zero-order valence-electron chi connectivity index (χ0n) is 24.0. The van der Waals surface area contributed by atoms with Gasteiger partial charge in [0.05, 0.1) is 42.8 Å². The van der Waals surface area contributed by atoms with E-state index < -0.39 is 61.1 Å². The number of nitrogens with two attached hydrogens (primary N) is 1. The number of carbonyl (C=O) groups is 1. The maximum absolute atomic E-state index is 14.0. The summed E-state index contributed by atoms with van der Waals surface area (Å²) in [5.41, 5.74) is 6.70. The summed E-state index contributed by atoms with van der Waals surface area (Å²) in [7, 11) is -9.76. The number of carboxylic acid groups (broad SMARTS) is 1. The zero-order chi connectivity index (χ0) is 31.5. The lowest BCUT2D eigenvalue weighted by Crippen LogP contribution is -2.58. The molecular weight excluding hydrogens is 617 g/mol. The molecule has 1 saturated carbocycles. The Morgan fingerprint density at radius 3 is 2.45 bits per heavy atom. The van der Waals surface area contributed by atoms with Crippen LogP contribution in [0.5, 0.6) is 0 Å². The summed E-state index contributed by atoms with van der Waals surface area (Å²) < 4.78 is 57.7. The molecule has 5 N–H and O–H groups in total. The molecule has 1 amide bonds. The molecule has 5 atom stereocenters. The van der Waals surface area contributed by atoms with Crippen LogP contribution in [0.4, 0.5) is 10.5 Å². The molecule has 16 heteroatoms. The van der Waals surface area contributed by atoms with Crippen LogP contribution in [0.1, 0.15) is 37.7 Å². The highest BCUT2D eigenvalue weighted by molar-refractivity contribution is 7.89. The number of nitrogen functional groups attached to an aromatic ring is 1. The Hall–Kier alpha value is -2.59. The Bertz CT molecular complexity index is 1440. The summed E-state index contributed by atoms with van der Waals surface area (Å²) in [6.07, 6.45) is -0.919. The molecule has 2 heterocycles. The topological polar surface area (TPSA) is 198 Å². The van der Waals surface area contributed by atoms with E-state index in [9.17, 15) is 32.7 Å². The number of hydrogen-bond donors (Lipinski definition) is 4. The number of phosphoric ester groups is 1. The molecule has 14 nitrogen and oxygen atoms in total. The van der Waals surface area contributed by atoms with Gasteiger partial charge in [0, 0.05) is 11.6 Å². The van der Waals surface area contributed by atoms with E-state index in [1.165, 1.54) is 24.3 Å². The lowest BCUT2D eigenvalue weighted by molar-refractivity contribution is -0.147. The molecule has 0 aromatic heterocycles. The van der Waals surface area contributed by atoms with Gasteiger partial charge < -0.3 is 30.1 Å². The molecule has 3 aliphatic rings. The SMILES string of the molecule is Nc1cccc(S(=O)(=O)N(CC(OP(=O)(O)O)[C@H](Cc2ccccc2)N(C(=O)O)[C@H]2CO[C@H]3OCC[C@H]32)OC2CCCC2)c1. The van der Waals surface area contributed by atoms with Crippen LogP contribution in [-0.4, -0.2) is 89.1 Å². The van der Waals surface area contributed by atoms with Crippen molar-refractivity contribution in [1.82, 2.24) is 9.37 Å². The van der Waals surface area contributed by atoms with Crippen LogP contribution >= 0.6 is 7.82 Å². The van der Waals surface area contributed by atoms with E-state index in [-0.39, 0.29) is 29.5 Å². The maximum Gasteiger partial charge on any atom is 0.469 e. The summed E-state index contributed by atoms with van der Waals surface area (Å²) in [4.78, 5) is 40.0. The fourth-order valence-corrected chi connectivity index (χ4v) is 8.13. The monoisotopic (exact) mass is 655 g/mol. The normalized spacial score (nSPS) is 23.9. The zero-order valence-corrected chi connectivity index (χ0v) is 25.7. The molecule has 2 aromatic carbocycles. The molecule has 5 rings (SSSR count). The molecule has 0 spiro atoms. The van der Waals surface area contributed by atoms with Crippen LogP contribution in [0, 0.1) is 5.92 Å². The molecule has 2 aliphatic heterocycles. The second kappa shape index (κ2) is 13.8. The predicted molar refractivity (Wildman–Crippen MR) is 156 cm³/mol. The average Bonchev–Trinajstić information content (AvgIpc) is 3.72. The Morgan fingerprint density at radius 1 is 1.07 bits per heavy atom. The van der Waals surface area contributed by atoms with Crippen LogP contribution in [0.15, 0.2) is 59.5 Å². The largest absolute Gasteiger partial charge is 0.469 e. The second-order valence-corrected chi connectivity index (χ2v) is 14.3. The summed E-state index contributed by atoms with van der Waals surface area (Å²) in [6, 6.07) is 12.3. The number of phosphoric acid groups is 1. The number of rotatable bonds is 13. The lowest BCUT2D eigenvalue weighted by atomic mass is 9.93. The molecule has 0 bridgehead atoms. The summed E-state index contributed by atoms with van der Waals surface area (Å²) >= 11 is 0. The fourth-order valence-electron chi connectivity index (χ4n) is 6.22. The van der Waals surface area contributed by atoms with Crippen LogP contribution in [0.2, 0.25) is 0 Å². The number of fused-ring (bicyclic) bond motifs is 1. The van der Waals surface area contributed by atoms with Crippen molar-refractivity contribution in [3.05, 3.63) is 60.2 Å². The highest BCUT2D eigenvalue weighted by Crippen LogP contribution is 2.42. The minimum Gasteiger partial charge on any atom is -0.465 e. The molecule has 1 unspecified atom stereocenters. The minimum absolute atomic E-state index is 0.0145. The summed E-state index contributed by atoms with van der Waals surface area (Å²) in [6.45, 7) is -0.371. The molecule has 242 valence electrons. The minimum atomic E-state index is -5.30.